The van der Waals surface area contributed by atoms with E-state index in [1.165, 1.54) is 0 Å². The second kappa shape index (κ2) is 7.93. The van der Waals surface area contributed by atoms with Crippen LogP contribution in [0.1, 0.15) is 45.2 Å². The molecule has 1 atom stereocenters. The Morgan fingerprint density at radius 2 is 1.96 bits per heavy atom. The number of carbonyl (C=O) groups is 1. The Morgan fingerprint density at radius 3 is 2.50 bits per heavy atom. The molecule has 2 heterocycles. The van der Waals surface area contributed by atoms with Gasteiger partial charge in [0.15, 0.2) is 0 Å². The van der Waals surface area contributed by atoms with Gasteiger partial charge in [-0.15, -0.1) is 11.3 Å². The first-order valence-electron chi connectivity index (χ1n) is 8.87. The molecule has 3 rings (SSSR count). The molecule has 3 aromatic rings. The molecule has 0 spiro atoms. The Kier molecular flexibility index (Phi) is 5.60. The second-order valence-corrected chi connectivity index (χ2v) is 7.72. The number of hydrogen-bond donors (Lipinski definition) is 0. The van der Waals surface area contributed by atoms with E-state index in [0.717, 1.165) is 10.4 Å². The molecule has 8 heteroatoms. The van der Waals surface area contributed by atoms with Crippen LogP contribution in [-0.2, 0) is 6.54 Å². The summed E-state index contributed by atoms with van der Waals surface area (Å²) in [7, 11) is 1.80. The first-order valence-corrected chi connectivity index (χ1v) is 9.75. The number of benzene rings is 1. The van der Waals surface area contributed by atoms with Gasteiger partial charge >= 0.3 is 5.69 Å². The third-order valence-corrected chi connectivity index (χ3v) is 5.96. The molecular formula is C20H22N4O3S. The predicted octanol–water partition coefficient (Wildman–Crippen LogP) is 4.35. The van der Waals surface area contributed by atoms with E-state index in [1.54, 1.807) is 53.9 Å². The zero-order valence-electron chi connectivity index (χ0n) is 16.2. The van der Waals surface area contributed by atoms with Gasteiger partial charge < -0.3 is 4.90 Å². The molecule has 0 saturated heterocycles. The van der Waals surface area contributed by atoms with E-state index in [0.29, 0.717) is 23.5 Å². The van der Waals surface area contributed by atoms with Gasteiger partial charge in [0, 0.05) is 17.5 Å². The molecule has 0 aliphatic heterocycles. The molecule has 0 N–H and O–H groups in total. The molecule has 0 saturated carbocycles. The van der Waals surface area contributed by atoms with Gasteiger partial charge in [0.05, 0.1) is 17.5 Å². The molecule has 7 nitrogen and oxygen atoms in total. The molecule has 2 aromatic heterocycles. The van der Waals surface area contributed by atoms with E-state index in [-0.39, 0.29) is 17.6 Å². The summed E-state index contributed by atoms with van der Waals surface area (Å²) in [5.74, 6) is -0.0470. The molecule has 0 fully saturated rings. The minimum absolute atomic E-state index is 0.00225. The lowest BCUT2D eigenvalue weighted by Gasteiger charge is -2.24. The molecule has 28 heavy (non-hydrogen) atoms. The number of aryl methyl sites for hydroxylation is 1. The summed E-state index contributed by atoms with van der Waals surface area (Å²) < 4.78 is 1.62. The maximum atomic E-state index is 12.8. The lowest BCUT2D eigenvalue weighted by atomic mass is 10.1. The van der Waals surface area contributed by atoms with Crippen LogP contribution in [0.25, 0.3) is 0 Å². The summed E-state index contributed by atoms with van der Waals surface area (Å²) in [4.78, 5) is 26.4. The van der Waals surface area contributed by atoms with E-state index in [2.05, 4.69) is 5.10 Å². The Morgan fingerprint density at radius 1 is 1.29 bits per heavy atom. The van der Waals surface area contributed by atoms with Crippen LogP contribution in [0, 0.1) is 24.0 Å². The van der Waals surface area contributed by atoms with Gasteiger partial charge in [0.2, 0.25) is 0 Å². The fraction of sp³-hybridized carbons (Fsp3) is 0.300. The van der Waals surface area contributed by atoms with E-state index >= 15 is 0 Å². The zero-order valence-corrected chi connectivity index (χ0v) is 17.1. The van der Waals surface area contributed by atoms with Gasteiger partial charge in [0.25, 0.3) is 5.91 Å². The van der Waals surface area contributed by atoms with Gasteiger partial charge in [-0.05, 0) is 49.9 Å². The van der Waals surface area contributed by atoms with Crippen LogP contribution in [0.5, 0.6) is 0 Å². The van der Waals surface area contributed by atoms with Crippen LogP contribution in [-0.4, -0.2) is 32.6 Å². The van der Waals surface area contributed by atoms with Gasteiger partial charge in [-0.2, -0.15) is 5.10 Å². The summed E-state index contributed by atoms with van der Waals surface area (Å²) in [6.45, 7) is 5.75. The minimum Gasteiger partial charge on any atom is -0.334 e. The lowest BCUT2D eigenvalue weighted by Crippen LogP contribution is -2.29. The Hall–Kier alpha value is -3.00. The van der Waals surface area contributed by atoms with Crippen molar-refractivity contribution in [3.05, 3.63) is 79.3 Å². The van der Waals surface area contributed by atoms with Gasteiger partial charge in [-0.25, -0.2) is 0 Å². The smallest absolute Gasteiger partial charge is 0.312 e. The minimum atomic E-state index is -0.402. The average Bonchev–Trinajstić information content (AvgIpc) is 3.29. The fourth-order valence-corrected chi connectivity index (χ4v) is 3.96. The van der Waals surface area contributed by atoms with Crippen molar-refractivity contribution >= 4 is 22.9 Å². The number of thiophene rings is 1. The molecule has 1 aromatic carbocycles. The SMILES string of the molecule is Cc1nn(Cc2ccc(C(=O)N(C)[C@H](C)c3cccs3)cc2)c(C)c1[N+](=O)[O-]. The molecule has 0 aliphatic rings. The first kappa shape index (κ1) is 19.8. The molecule has 0 aliphatic carbocycles. The fourth-order valence-electron chi connectivity index (χ4n) is 3.13. The number of aromatic nitrogens is 2. The van der Waals surface area contributed by atoms with Crippen molar-refractivity contribution in [3.63, 3.8) is 0 Å². The molecule has 0 unspecified atom stereocenters. The van der Waals surface area contributed by atoms with Crippen LogP contribution in [0.2, 0.25) is 0 Å². The average molecular weight is 398 g/mol. The number of amides is 1. The topological polar surface area (TPSA) is 81.3 Å². The second-order valence-electron chi connectivity index (χ2n) is 6.74. The normalized spacial score (nSPS) is 12.0. The highest BCUT2D eigenvalue weighted by atomic mass is 32.1. The van der Waals surface area contributed by atoms with Crippen LogP contribution < -0.4 is 0 Å². The van der Waals surface area contributed by atoms with E-state index in [9.17, 15) is 14.9 Å². The lowest BCUT2D eigenvalue weighted by molar-refractivity contribution is -0.386. The first-order chi connectivity index (χ1) is 13.3. The maximum Gasteiger partial charge on any atom is 0.312 e. The number of hydrogen-bond acceptors (Lipinski definition) is 5. The monoisotopic (exact) mass is 398 g/mol. The molecule has 0 bridgehead atoms. The van der Waals surface area contributed by atoms with E-state index in [4.69, 9.17) is 0 Å². The van der Waals surface area contributed by atoms with Crippen LogP contribution in [0.4, 0.5) is 5.69 Å². The van der Waals surface area contributed by atoms with Crippen molar-refractivity contribution in [2.75, 3.05) is 7.05 Å². The van der Waals surface area contributed by atoms with Crippen molar-refractivity contribution in [2.24, 2.45) is 0 Å². The van der Waals surface area contributed by atoms with E-state index < -0.39 is 4.92 Å². The maximum absolute atomic E-state index is 12.8. The quantitative estimate of drug-likeness (QED) is 0.457. The Bertz CT molecular complexity index is 993. The third kappa shape index (κ3) is 3.82. The highest BCUT2D eigenvalue weighted by Gasteiger charge is 2.22. The predicted molar refractivity (Wildman–Crippen MR) is 109 cm³/mol. The molecular weight excluding hydrogens is 376 g/mol. The van der Waals surface area contributed by atoms with Crippen LogP contribution in [0.15, 0.2) is 41.8 Å². The summed E-state index contributed by atoms with van der Waals surface area (Å²) in [5.41, 5.74) is 2.50. The largest absolute Gasteiger partial charge is 0.334 e. The van der Waals surface area contributed by atoms with Crippen LogP contribution >= 0.6 is 11.3 Å². The highest BCUT2D eigenvalue weighted by molar-refractivity contribution is 7.10. The standard InChI is InChI=1S/C20H22N4O3S/c1-13-19(24(26)27)15(3)23(21-13)12-16-7-9-17(10-8-16)20(25)22(4)14(2)18-6-5-11-28-18/h5-11,14H,12H2,1-4H3/t14-/m1/s1. The van der Waals surface area contributed by atoms with Crippen LogP contribution in [0.3, 0.4) is 0 Å². The number of nitro groups is 1. The molecule has 1 amide bonds. The van der Waals surface area contributed by atoms with Crippen molar-refractivity contribution in [3.8, 4) is 0 Å². The summed E-state index contributed by atoms with van der Waals surface area (Å²) >= 11 is 1.63. The van der Waals surface area contributed by atoms with Gasteiger partial charge in [-0.1, -0.05) is 18.2 Å². The van der Waals surface area contributed by atoms with Gasteiger partial charge in [-0.3, -0.25) is 19.6 Å². The summed E-state index contributed by atoms with van der Waals surface area (Å²) in [6, 6.07) is 11.3. The Labute approximate surface area is 167 Å². The Balaban J connectivity index is 1.74. The third-order valence-electron chi connectivity index (χ3n) is 4.92. The van der Waals surface area contributed by atoms with E-state index in [1.807, 2.05) is 36.6 Å². The highest BCUT2D eigenvalue weighted by Crippen LogP contribution is 2.25. The summed E-state index contributed by atoms with van der Waals surface area (Å²) in [5, 5.41) is 17.4. The van der Waals surface area contributed by atoms with Crippen molar-refractivity contribution in [1.29, 1.82) is 0 Å². The number of nitrogens with zero attached hydrogens (tertiary/aromatic N) is 4. The van der Waals surface area contributed by atoms with Crippen molar-refractivity contribution in [1.82, 2.24) is 14.7 Å². The van der Waals surface area contributed by atoms with Crippen molar-refractivity contribution in [2.45, 2.75) is 33.4 Å². The molecule has 146 valence electrons. The zero-order chi connectivity index (χ0) is 20.4. The number of carbonyl (C=O) groups excluding carboxylic acids is 1. The number of rotatable bonds is 6. The molecule has 0 radical (unpaired) electrons. The van der Waals surface area contributed by atoms with Crippen molar-refractivity contribution < 1.29 is 9.72 Å². The van der Waals surface area contributed by atoms with Gasteiger partial charge in [0.1, 0.15) is 11.4 Å². The summed E-state index contributed by atoms with van der Waals surface area (Å²) in [6.07, 6.45) is 0.